The Balaban J connectivity index is 2.17. The zero-order valence-corrected chi connectivity index (χ0v) is 11.6. The van der Waals surface area contributed by atoms with E-state index < -0.39 is 12.1 Å². The zero-order valence-electron chi connectivity index (χ0n) is 11.6. The number of carboxylic acid groups (broad SMARTS) is 1. The van der Waals surface area contributed by atoms with Crippen LogP contribution in [0.3, 0.4) is 0 Å². The fourth-order valence-electron chi connectivity index (χ4n) is 2.80. The van der Waals surface area contributed by atoms with Gasteiger partial charge in [-0.05, 0) is 30.6 Å². The number of carboxylic acids is 1. The van der Waals surface area contributed by atoms with E-state index in [4.69, 9.17) is 5.11 Å². The highest BCUT2D eigenvalue weighted by atomic mass is 16.4. The minimum atomic E-state index is -0.847. The molecule has 0 radical (unpaired) electrons. The molecular formula is C14H27NO3. The Morgan fingerprint density at radius 3 is 2.56 bits per heavy atom. The van der Waals surface area contributed by atoms with Crippen molar-refractivity contribution < 1.29 is 15.0 Å². The summed E-state index contributed by atoms with van der Waals surface area (Å²) in [7, 11) is 0. The van der Waals surface area contributed by atoms with E-state index in [0.717, 1.165) is 12.5 Å². The normalized spacial score (nSPS) is 19.1. The highest BCUT2D eigenvalue weighted by Crippen LogP contribution is 2.38. The highest BCUT2D eigenvalue weighted by Gasteiger charge is 2.31. The van der Waals surface area contributed by atoms with E-state index in [9.17, 15) is 9.90 Å². The third kappa shape index (κ3) is 5.36. The lowest BCUT2D eigenvalue weighted by Crippen LogP contribution is -2.38. The molecule has 0 aliphatic heterocycles. The Morgan fingerprint density at radius 2 is 2.00 bits per heavy atom. The van der Waals surface area contributed by atoms with Crippen molar-refractivity contribution in [3.63, 3.8) is 0 Å². The molecule has 0 aromatic rings. The van der Waals surface area contributed by atoms with Crippen molar-refractivity contribution in [3.05, 3.63) is 0 Å². The molecule has 1 fully saturated rings. The second kappa shape index (κ2) is 7.10. The lowest BCUT2D eigenvalue weighted by Gasteiger charge is -2.32. The maximum atomic E-state index is 10.4. The van der Waals surface area contributed by atoms with Crippen molar-refractivity contribution in [2.45, 2.75) is 58.5 Å². The van der Waals surface area contributed by atoms with Crippen LogP contribution in [0.2, 0.25) is 0 Å². The number of hydrogen-bond acceptors (Lipinski definition) is 3. The number of aliphatic hydroxyl groups excluding tert-OH is 1. The van der Waals surface area contributed by atoms with Gasteiger partial charge in [0.15, 0.2) is 0 Å². The van der Waals surface area contributed by atoms with Gasteiger partial charge in [-0.1, -0.05) is 26.7 Å². The van der Waals surface area contributed by atoms with Crippen molar-refractivity contribution in [2.24, 2.45) is 11.3 Å². The van der Waals surface area contributed by atoms with E-state index in [1.807, 2.05) is 0 Å². The Kier molecular flexibility index (Phi) is 6.09. The van der Waals surface area contributed by atoms with Gasteiger partial charge in [0.2, 0.25) is 0 Å². The SMILES string of the molecule is CC(C)(CNCC(O)CCC(=O)O)C1CCCC1. The van der Waals surface area contributed by atoms with Gasteiger partial charge >= 0.3 is 5.97 Å². The number of aliphatic hydroxyl groups is 1. The summed E-state index contributed by atoms with van der Waals surface area (Å²) in [5.41, 5.74) is 0.267. The second-order valence-electron chi connectivity index (χ2n) is 6.19. The van der Waals surface area contributed by atoms with Crippen LogP contribution in [0, 0.1) is 11.3 Å². The van der Waals surface area contributed by atoms with Gasteiger partial charge in [0.25, 0.3) is 0 Å². The molecule has 3 N–H and O–H groups in total. The fourth-order valence-corrected chi connectivity index (χ4v) is 2.80. The van der Waals surface area contributed by atoms with Crippen LogP contribution in [0.25, 0.3) is 0 Å². The monoisotopic (exact) mass is 257 g/mol. The first-order valence-corrected chi connectivity index (χ1v) is 7.02. The Bertz CT molecular complexity index is 260. The largest absolute Gasteiger partial charge is 0.481 e. The second-order valence-corrected chi connectivity index (χ2v) is 6.19. The third-order valence-electron chi connectivity index (χ3n) is 4.11. The summed E-state index contributed by atoms with van der Waals surface area (Å²) >= 11 is 0. The van der Waals surface area contributed by atoms with E-state index in [2.05, 4.69) is 19.2 Å². The van der Waals surface area contributed by atoms with Gasteiger partial charge in [0.05, 0.1) is 6.10 Å². The molecule has 4 heteroatoms. The lowest BCUT2D eigenvalue weighted by molar-refractivity contribution is -0.137. The molecule has 106 valence electrons. The standard InChI is InChI=1S/C14H27NO3/c1-14(2,11-5-3-4-6-11)10-15-9-12(16)7-8-13(17)18/h11-12,15-16H,3-10H2,1-2H3,(H,17,18). The van der Waals surface area contributed by atoms with E-state index >= 15 is 0 Å². The average molecular weight is 257 g/mol. The van der Waals surface area contributed by atoms with Crippen molar-refractivity contribution in [2.75, 3.05) is 13.1 Å². The molecule has 1 unspecified atom stereocenters. The smallest absolute Gasteiger partial charge is 0.303 e. The van der Waals surface area contributed by atoms with Crippen molar-refractivity contribution in [3.8, 4) is 0 Å². The molecule has 1 saturated carbocycles. The summed E-state index contributed by atoms with van der Waals surface area (Å²) < 4.78 is 0. The number of rotatable bonds is 8. The molecule has 1 aliphatic rings. The van der Waals surface area contributed by atoms with Crippen LogP contribution in [0.4, 0.5) is 0 Å². The van der Waals surface area contributed by atoms with E-state index in [1.165, 1.54) is 25.7 Å². The van der Waals surface area contributed by atoms with Crippen LogP contribution in [-0.2, 0) is 4.79 Å². The topological polar surface area (TPSA) is 69.6 Å². The first kappa shape index (κ1) is 15.4. The number of nitrogens with one attached hydrogen (secondary N) is 1. The zero-order chi connectivity index (χ0) is 13.6. The van der Waals surface area contributed by atoms with Crippen LogP contribution in [0.1, 0.15) is 52.4 Å². The van der Waals surface area contributed by atoms with Crippen LogP contribution in [0.15, 0.2) is 0 Å². The van der Waals surface area contributed by atoms with E-state index in [0.29, 0.717) is 13.0 Å². The van der Waals surface area contributed by atoms with Crippen LogP contribution in [-0.4, -0.2) is 35.4 Å². The van der Waals surface area contributed by atoms with Gasteiger partial charge in [-0.2, -0.15) is 0 Å². The maximum absolute atomic E-state index is 10.4. The minimum absolute atomic E-state index is 0.0366. The highest BCUT2D eigenvalue weighted by molar-refractivity contribution is 5.66. The van der Waals surface area contributed by atoms with E-state index in [-0.39, 0.29) is 11.8 Å². The number of aliphatic carboxylic acids is 1. The molecule has 0 heterocycles. The molecule has 4 nitrogen and oxygen atoms in total. The molecule has 1 atom stereocenters. The van der Waals surface area contributed by atoms with Gasteiger partial charge < -0.3 is 15.5 Å². The maximum Gasteiger partial charge on any atom is 0.303 e. The van der Waals surface area contributed by atoms with Crippen molar-refractivity contribution >= 4 is 5.97 Å². The van der Waals surface area contributed by atoms with Gasteiger partial charge in [0.1, 0.15) is 0 Å². The lowest BCUT2D eigenvalue weighted by atomic mass is 9.77. The molecule has 1 aliphatic carbocycles. The van der Waals surface area contributed by atoms with E-state index in [1.54, 1.807) is 0 Å². The average Bonchev–Trinajstić information content (AvgIpc) is 2.80. The predicted molar refractivity (Wildman–Crippen MR) is 71.5 cm³/mol. The third-order valence-corrected chi connectivity index (χ3v) is 4.11. The predicted octanol–water partition coefficient (Wildman–Crippen LogP) is 2.02. The van der Waals surface area contributed by atoms with Crippen LogP contribution in [0.5, 0.6) is 0 Å². The molecule has 0 aromatic carbocycles. The minimum Gasteiger partial charge on any atom is -0.481 e. The Labute approximate surface area is 110 Å². The molecule has 0 saturated heterocycles. The number of hydrogen-bond donors (Lipinski definition) is 3. The summed E-state index contributed by atoms with van der Waals surface area (Å²) in [6.07, 6.45) is 5.12. The van der Waals surface area contributed by atoms with Crippen molar-refractivity contribution in [1.29, 1.82) is 0 Å². The first-order chi connectivity index (χ1) is 8.42. The summed E-state index contributed by atoms with van der Waals surface area (Å²) in [5, 5.41) is 21.4. The molecule has 1 rings (SSSR count). The van der Waals surface area contributed by atoms with Gasteiger partial charge in [-0.15, -0.1) is 0 Å². The number of carbonyl (C=O) groups is 1. The Morgan fingerprint density at radius 1 is 1.39 bits per heavy atom. The molecular weight excluding hydrogens is 230 g/mol. The van der Waals surface area contributed by atoms with Crippen LogP contribution < -0.4 is 5.32 Å². The van der Waals surface area contributed by atoms with Gasteiger partial charge in [0, 0.05) is 19.5 Å². The summed E-state index contributed by atoms with van der Waals surface area (Å²) in [6, 6.07) is 0. The molecule has 0 spiro atoms. The summed E-state index contributed by atoms with van der Waals surface area (Å²) in [6.45, 7) is 5.93. The molecule has 0 amide bonds. The van der Waals surface area contributed by atoms with Gasteiger partial charge in [-0.25, -0.2) is 0 Å². The van der Waals surface area contributed by atoms with Crippen molar-refractivity contribution in [1.82, 2.24) is 5.32 Å². The fraction of sp³-hybridized carbons (Fsp3) is 0.929. The quantitative estimate of drug-likeness (QED) is 0.622. The van der Waals surface area contributed by atoms with Gasteiger partial charge in [-0.3, -0.25) is 4.79 Å². The summed E-state index contributed by atoms with van der Waals surface area (Å²) in [5.74, 6) is -0.0681. The first-order valence-electron chi connectivity index (χ1n) is 7.02. The molecule has 0 aromatic heterocycles. The Hall–Kier alpha value is -0.610. The van der Waals surface area contributed by atoms with Crippen LogP contribution >= 0.6 is 0 Å². The summed E-state index contributed by atoms with van der Waals surface area (Å²) in [4.78, 5) is 10.4. The molecule has 0 bridgehead atoms. The molecule has 18 heavy (non-hydrogen) atoms.